The topological polar surface area (TPSA) is 0 Å². The van der Waals surface area contributed by atoms with Crippen molar-refractivity contribution >= 4 is 11.8 Å². The number of thioether (sulfide) groups is 1. The van der Waals surface area contributed by atoms with Gasteiger partial charge in [0.05, 0.1) is 0 Å². The van der Waals surface area contributed by atoms with Crippen molar-refractivity contribution in [3.05, 3.63) is 36.6 Å². The molecule has 0 atom stereocenters. The van der Waals surface area contributed by atoms with Crippen LogP contribution in [-0.4, -0.2) is 0 Å². The molecule has 0 rings (SSSR count). The predicted molar refractivity (Wildman–Crippen MR) is 111 cm³/mol. The van der Waals surface area contributed by atoms with E-state index < -0.39 is 0 Å². The molecule has 0 N–H and O–H groups in total. The molecule has 0 aromatic heterocycles. The number of hydrogen-bond donors (Lipinski definition) is 0. The van der Waals surface area contributed by atoms with Gasteiger partial charge < -0.3 is 0 Å². The molecular weight excluding hydrogens is 272 g/mol. The van der Waals surface area contributed by atoms with Crippen LogP contribution in [-0.2, 0) is 0 Å². The molecule has 0 aromatic rings. The predicted octanol–water partition coefficient (Wildman–Crippen LogP) is 6.64. The van der Waals surface area contributed by atoms with Gasteiger partial charge in [-0.1, -0.05) is 67.2 Å². The van der Waals surface area contributed by atoms with Crippen LogP contribution in [0.1, 0.15) is 43.6 Å². The molecular formula is C20H34S. The summed E-state index contributed by atoms with van der Waals surface area (Å²) in [4.78, 5) is 0. The van der Waals surface area contributed by atoms with Gasteiger partial charge in [-0.15, -0.1) is 31.0 Å². The van der Waals surface area contributed by atoms with E-state index in [4.69, 9.17) is 0 Å². The Kier molecular flexibility index (Phi) is 264. The van der Waals surface area contributed by atoms with Crippen LogP contribution >= 0.6 is 11.8 Å². The third-order valence-corrected chi connectivity index (χ3v) is 1.01. The Hall–Kier alpha value is -2.19. The summed E-state index contributed by atoms with van der Waals surface area (Å²) in [5, 5.41) is 3.46. The lowest BCUT2D eigenvalue weighted by Gasteiger charge is -1.65. The molecule has 0 nitrogen and oxygen atoms in total. The molecule has 0 aliphatic carbocycles. The van der Waals surface area contributed by atoms with Crippen LogP contribution < -0.4 is 0 Å². The van der Waals surface area contributed by atoms with Crippen LogP contribution in [0.15, 0.2) is 36.6 Å². The van der Waals surface area contributed by atoms with Gasteiger partial charge >= 0.3 is 0 Å². The summed E-state index contributed by atoms with van der Waals surface area (Å²) >= 11 is 1.49. The first-order valence-corrected chi connectivity index (χ1v) is 5.30. The molecule has 0 fully saturated rings. The third kappa shape index (κ3) is 307. The Balaban J connectivity index is -0.0000000176. The SMILES string of the molecule is C.C.C.C.C#C.C#CC=C.C=CSC=C.CC#CC#CC. The molecule has 0 aliphatic rings. The van der Waals surface area contributed by atoms with E-state index in [2.05, 4.69) is 68.6 Å². The maximum absolute atomic E-state index is 4.66. The normalized spacial score (nSPS) is 3.38. The number of allylic oxidation sites excluding steroid dienone is 1. The Labute approximate surface area is 141 Å². The first-order chi connectivity index (χ1) is 8.24. The summed E-state index contributed by atoms with van der Waals surface area (Å²) in [5.74, 6) is 12.7. The smallest absolute Gasteiger partial charge is 0.00168 e. The second-order valence-electron chi connectivity index (χ2n) is 1.59. The maximum Gasteiger partial charge on any atom is -0.00168 e. The van der Waals surface area contributed by atoms with E-state index in [1.165, 1.54) is 17.8 Å². The van der Waals surface area contributed by atoms with E-state index in [-0.39, 0.29) is 29.7 Å². The molecule has 0 saturated carbocycles. The Morgan fingerprint density at radius 2 is 1.05 bits per heavy atom. The van der Waals surface area contributed by atoms with Gasteiger partial charge in [0.15, 0.2) is 0 Å². The molecule has 0 heterocycles. The highest BCUT2D eigenvalue weighted by molar-refractivity contribution is 8.04. The maximum atomic E-state index is 4.66. The lowest BCUT2D eigenvalue weighted by Crippen LogP contribution is -1.42. The molecule has 0 saturated heterocycles. The summed E-state index contributed by atoms with van der Waals surface area (Å²) in [6, 6.07) is 0. The van der Waals surface area contributed by atoms with Gasteiger partial charge in [0, 0.05) is 0 Å². The minimum atomic E-state index is 0. The zero-order valence-corrected chi connectivity index (χ0v) is 11.3. The van der Waals surface area contributed by atoms with Crippen molar-refractivity contribution in [2.24, 2.45) is 0 Å². The van der Waals surface area contributed by atoms with E-state index >= 15 is 0 Å². The summed E-state index contributed by atoms with van der Waals surface area (Å²) in [7, 11) is 0. The minimum absolute atomic E-state index is 0. The second kappa shape index (κ2) is 109. The van der Waals surface area contributed by atoms with Crippen molar-refractivity contribution in [3.8, 4) is 48.9 Å². The first kappa shape index (κ1) is 51.1. The molecule has 0 unspecified atom stereocenters. The van der Waals surface area contributed by atoms with E-state index in [0.717, 1.165) is 0 Å². The fourth-order valence-electron chi connectivity index (χ4n) is 0.193. The molecule has 0 radical (unpaired) electrons. The van der Waals surface area contributed by atoms with Gasteiger partial charge in [-0.05, 0) is 42.6 Å². The highest BCUT2D eigenvalue weighted by Gasteiger charge is 1.52. The molecule has 0 bridgehead atoms. The van der Waals surface area contributed by atoms with Crippen molar-refractivity contribution < 1.29 is 0 Å². The van der Waals surface area contributed by atoms with Crippen molar-refractivity contribution in [2.45, 2.75) is 43.6 Å². The minimum Gasteiger partial charge on any atom is -0.124 e. The van der Waals surface area contributed by atoms with Gasteiger partial charge in [0.25, 0.3) is 0 Å². The van der Waals surface area contributed by atoms with Crippen molar-refractivity contribution in [1.29, 1.82) is 0 Å². The first-order valence-electron chi connectivity index (χ1n) is 4.36. The van der Waals surface area contributed by atoms with Gasteiger partial charge in [-0.2, -0.15) is 0 Å². The summed E-state index contributed by atoms with van der Waals surface area (Å²) in [6.07, 6.45) is 14.1. The number of rotatable bonds is 2. The Bertz CT molecular complexity index is 319. The van der Waals surface area contributed by atoms with Gasteiger partial charge in [0.2, 0.25) is 0 Å². The second-order valence-corrected chi connectivity index (χ2v) is 2.53. The molecule has 0 spiro atoms. The van der Waals surface area contributed by atoms with Crippen LogP contribution in [0.2, 0.25) is 0 Å². The van der Waals surface area contributed by atoms with Gasteiger partial charge in [-0.3, -0.25) is 0 Å². The Morgan fingerprint density at radius 3 is 1.10 bits per heavy atom. The molecule has 21 heavy (non-hydrogen) atoms. The molecule has 120 valence electrons. The lowest BCUT2D eigenvalue weighted by molar-refractivity contribution is 1.90. The zero-order valence-electron chi connectivity index (χ0n) is 10.5. The summed E-state index contributed by atoms with van der Waals surface area (Å²) < 4.78 is 0. The van der Waals surface area contributed by atoms with Gasteiger partial charge in [0.1, 0.15) is 0 Å². The van der Waals surface area contributed by atoms with Gasteiger partial charge in [-0.25, -0.2) is 0 Å². The largest absolute Gasteiger partial charge is 0.124 e. The number of hydrogen-bond acceptors (Lipinski definition) is 1. The van der Waals surface area contributed by atoms with E-state index in [1.807, 2.05) is 0 Å². The van der Waals surface area contributed by atoms with Crippen LogP contribution in [0, 0.1) is 48.9 Å². The molecule has 0 amide bonds. The molecule has 0 aliphatic heterocycles. The standard InChI is InChI=1S/C6H6.C4H6S.C4H4.C2H2.4CH4/c1-3-5-6-4-2;1-3-5-4-2;1-3-4-2;1-2;;;;/h1-2H3;3-4H,1-2H2;1,4H,2H2;1-2H;4*1H4. The average Bonchev–Trinajstić information content (AvgIpc) is 2.40. The highest BCUT2D eigenvalue weighted by Crippen LogP contribution is 1.96. The Morgan fingerprint density at radius 1 is 0.810 bits per heavy atom. The van der Waals surface area contributed by atoms with Crippen molar-refractivity contribution in [1.82, 2.24) is 0 Å². The quantitative estimate of drug-likeness (QED) is 0.515. The monoisotopic (exact) mass is 306 g/mol. The third-order valence-electron chi connectivity index (χ3n) is 0.623. The summed E-state index contributed by atoms with van der Waals surface area (Å²) in [5.41, 5.74) is 0. The number of terminal acetylenes is 2. The van der Waals surface area contributed by atoms with Crippen molar-refractivity contribution in [3.63, 3.8) is 0 Å². The van der Waals surface area contributed by atoms with Crippen molar-refractivity contribution in [2.75, 3.05) is 0 Å². The highest BCUT2D eigenvalue weighted by atomic mass is 32.2. The fraction of sp³-hybridized carbons (Fsp3) is 0.300. The van der Waals surface area contributed by atoms with E-state index in [1.54, 1.807) is 24.7 Å². The van der Waals surface area contributed by atoms with Crippen LogP contribution in [0.25, 0.3) is 0 Å². The summed E-state index contributed by atoms with van der Waals surface area (Å²) in [6.45, 7) is 13.7. The molecule has 0 aromatic carbocycles. The van der Waals surface area contributed by atoms with Crippen LogP contribution in [0.4, 0.5) is 0 Å². The van der Waals surface area contributed by atoms with E-state index in [9.17, 15) is 0 Å². The zero-order chi connectivity index (χ0) is 14.4. The lowest BCUT2D eigenvalue weighted by atomic mass is 10.6. The van der Waals surface area contributed by atoms with Crippen LogP contribution in [0.5, 0.6) is 0 Å². The molecule has 1 heteroatoms. The fourth-order valence-corrected chi connectivity index (χ4v) is 0.329. The van der Waals surface area contributed by atoms with Crippen LogP contribution in [0.3, 0.4) is 0 Å². The average molecular weight is 307 g/mol. The van der Waals surface area contributed by atoms with E-state index in [0.29, 0.717) is 0 Å².